The molecule has 5 heteroatoms. The second-order valence-corrected chi connectivity index (χ2v) is 3.92. The lowest BCUT2D eigenvalue weighted by molar-refractivity contribution is -0.143. The molecule has 0 aliphatic carbocycles. The Morgan fingerprint density at radius 1 is 1.33 bits per heavy atom. The normalized spacial score (nSPS) is 28.7. The standard InChI is InChI=1S/C7H10O4S/c8-6(9)1-4-2-12-3-5(4)7(10)11/h4-5H,1-3H2,(H,8,9)(H,10,11)/t4-,5-/m1/s1. The maximum Gasteiger partial charge on any atom is 0.307 e. The first-order valence-electron chi connectivity index (χ1n) is 3.63. The lowest BCUT2D eigenvalue weighted by atomic mass is 9.93. The van der Waals surface area contributed by atoms with E-state index in [4.69, 9.17) is 10.2 Å². The molecule has 1 saturated heterocycles. The van der Waals surface area contributed by atoms with E-state index in [2.05, 4.69) is 0 Å². The third-order valence-corrected chi connectivity index (χ3v) is 3.21. The largest absolute Gasteiger partial charge is 0.481 e. The van der Waals surface area contributed by atoms with Crippen LogP contribution in [0.3, 0.4) is 0 Å². The number of rotatable bonds is 3. The summed E-state index contributed by atoms with van der Waals surface area (Å²) in [7, 11) is 0. The number of aliphatic carboxylic acids is 2. The van der Waals surface area contributed by atoms with Crippen LogP contribution < -0.4 is 0 Å². The van der Waals surface area contributed by atoms with Crippen LogP contribution in [0.4, 0.5) is 0 Å². The molecule has 1 rings (SSSR count). The van der Waals surface area contributed by atoms with Gasteiger partial charge in [-0.05, 0) is 11.7 Å². The fourth-order valence-electron chi connectivity index (χ4n) is 1.30. The highest BCUT2D eigenvalue weighted by Crippen LogP contribution is 2.32. The van der Waals surface area contributed by atoms with Crippen LogP contribution in [0.5, 0.6) is 0 Å². The number of hydrogen-bond donors (Lipinski definition) is 2. The highest BCUT2D eigenvalue weighted by atomic mass is 32.2. The Hall–Kier alpha value is -0.710. The molecule has 1 fully saturated rings. The van der Waals surface area contributed by atoms with Crippen molar-refractivity contribution in [1.82, 2.24) is 0 Å². The van der Waals surface area contributed by atoms with Crippen molar-refractivity contribution < 1.29 is 19.8 Å². The monoisotopic (exact) mass is 190 g/mol. The first-order chi connectivity index (χ1) is 5.61. The molecule has 0 aromatic heterocycles. The van der Waals surface area contributed by atoms with Gasteiger partial charge in [0, 0.05) is 12.2 Å². The Morgan fingerprint density at radius 3 is 2.50 bits per heavy atom. The van der Waals surface area contributed by atoms with Gasteiger partial charge in [0.05, 0.1) is 5.92 Å². The minimum Gasteiger partial charge on any atom is -0.481 e. The molecule has 0 amide bonds. The zero-order valence-electron chi connectivity index (χ0n) is 6.40. The van der Waals surface area contributed by atoms with Gasteiger partial charge in [-0.15, -0.1) is 0 Å². The molecule has 2 N–H and O–H groups in total. The van der Waals surface area contributed by atoms with Crippen LogP contribution in [0.15, 0.2) is 0 Å². The van der Waals surface area contributed by atoms with Gasteiger partial charge in [-0.2, -0.15) is 11.8 Å². The van der Waals surface area contributed by atoms with E-state index in [9.17, 15) is 9.59 Å². The lowest BCUT2D eigenvalue weighted by Crippen LogP contribution is -2.23. The van der Waals surface area contributed by atoms with Crippen LogP contribution in [0, 0.1) is 11.8 Å². The van der Waals surface area contributed by atoms with Gasteiger partial charge in [0.25, 0.3) is 0 Å². The third-order valence-electron chi connectivity index (χ3n) is 1.95. The van der Waals surface area contributed by atoms with Crippen LogP contribution in [0.25, 0.3) is 0 Å². The van der Waals surface area contributed by atoms with Gasteiger partial charge in [-0.1, -0.05) is 0 Å². The van der Waals surface area contributed by atoms with E-state index in [0.717, 1.165) is 0 Å². The Kier molecular flexibility index (Phi) is 2.97. The molecule has 4 nitrogen and oxygen atoms in total. The molecule has 0 unspecified atom stereocenters. The van der Waals surface area contributed by atoms with Gasteiger partial charge < -0.3 is 10.2 Å². The van der Waals surface area contributed by atoms with Gasteiger partial charge in [0.2, 0.25) is 0 Å². The predicted molar refractivity (Wildman–Crippen MR) is 44.2 cm³/mol. The average Bonchev–Trinajstić information content (AvgIpc) is 2.33. The maximum absolute atomic E-state index is 10.6. The van der Waals surface area contributed by atoms with Crippen LogP contribution >= 0.6 is 11.8 Å². The van der Waals surface area contributed by atoms with Crippen molar-refractivity contribution in [1.29, 1.82) is 0 Å². The summed E-state index contributed by atoms with van der Waals surface area (Å²) < 4.78 is 0. The van der Waals surface area contributed by atoms with Crippen LogP contribution in [0.1, 0.15) is 6.42 Å². The molecule has 2 atom stereocenters. The van der Waals surface area contributed by atoms with Gasteiger partial charge >= 0.3 is 11.9 Å². The minimum absolute atomic E-state index is 0.0238. The molecule has 0 radical (unpaired) electrons. The van der Waals surface area contributed by atoms with Gasteiger partial charge in [0.15, 0.2) is 0 Å². The summed E-state index contributed by atoms with van der Waals surface area (Å²) in [5.41, 5.74) is 0. The quantitative estimate of drug-likeness (QED) is 0.678. The molecule has 0 aromatic carbocycles. The molecule has 12 heavy (non-hydrogen) atoms. The first-order valence-corrected chi connectivity index (χ1v) is 4.79. The summed E-state index contributed by atoms with van der Waals surface area (Å²) in [6.45, 7) is 0. The summed E-state index contributed by atoms with van der Waals surface area (Å²) in [5, 5.41) is 17.2. The first kappa shape index (κ1) is 9.38. The van der Waals surface area contributed by atoms with Crippen LogP contribution in [0.2, 0.25) is 0 Å². The van der Waals surface area contributed by atoms with Gasteiger partial charge in [-0.3, -0.25) is 9.59 Å². The topological polar surface area (TPSA) is 74.6 Å². The van der Waals surface area contributed by atoms with E-state index < -0.39 is 17.9 Å². The van der Waals surface area contributed by atoms with Gasteiger partial charge in [0.1, 0.15) is 0 Å². The van der Waals surface area contributed by atoms with E-state index in [1.54, 1.807) is 0 Å². The summed E-state index contributed by atoms with van der Waals surface area (Å²) >= 11 is 1.52. The number of hydrogen-bond acceptors (Lipinski definition) is 3. The molecule has 1 aliphatic heterocycles. The zero-order valence-corrected chi connectivity index (χ0v) is 7.21. The Labute approximate surface area is 74.0 Å². The number of carboxylic acids is 2. The average molecular weight is 190 g/mol. The molecule has 68 valence electrons. The summed E-state index contributed by atoms with van der Waals surface area (Å²) in [6.07, 6.45) is -0.0238. The summed E-state index contributed by atoms with van der Waals surface area (Å²) in [6, 6.07) is 0. The second-order valence-electron chi connectivity index (χ2n) is 2.84. The number of carbonyl (C=O) groups is 2. The number of carboxylic acid groups (broad SMARTS) is 2. The van der Waals surface area contributed by atoms with E-state index in [1.165, 1.54) is 11.8 Å². The Morgan fingerprint density at radius 2 is 2.00 bits per heavy atom. The van der Waals surface area contributed by atoms with Crippen molar-refractivity contribution in [2.75, 3.05) is 11.5 Å². The fourth-order valence-corrected chi connectivity index (χ4v) is 2.75. The molecule has 0 saturated carbocycles. The maximum atomic E-state index is 10.6. The van der Waals surface area contributed by atoms with E-state index in [1.807, 2.05) is 0 Å². The minimum atomic E-state index is -0.909. The highest BCUT2D eigenvalue weighted by Gasteiger charge is 2.34. The Balaban J connectivity index is 2.52. The predicted octanol–water partition coefficient (Wildman–Crippen LogP) is 0.525. The fraction of sp³-hybridized carbons (Fsp3) is 0.714. The zero-order chi connectivity index (χ0) is 9.14. The molecule has 0 bridgehead atoms. The SMILES string of the molecule is O=C(O)C[C@@H]1CSC[C@H]1C(=O)O. The van der Waals surface area contributed by atoms with E-state index >= 15 is 0 Å². The third kappa shape index (κ3) is 2.14. The highest BCUT2D eigenvalue weighted by molar-refractivity contribution is 7.99. The number of thioether (sulfide) groups is 1. The van der Waals surface area contributed by atoms with Crippen molar-refractivity contribution in [3.05, 3.63) is 0 Å². The lowest BCUT2D eigenvalue weighted by Gasteiger charge is -2.10. The van der Waals surface area contributed by atoms with Crippen molar-refractivity contribution in [2.45, 2.75) is 6.42 Å². The summed E-state index contributed by atoms with van der Waals surface area (Å²) in [5.74, 6) is -1.23. The van der Waals surface area contributed by atoms with Crippen molar-refractivity contribution in [3.63, 3.8) is 0 Å². The molecular formula is C7H10O4S. The van der Waals surface area contributed by atoms with E-state index in [-0.39, 0.29) is 12.3 Å². The van der Waals surface area contributed by atoms with Gasteiger partial charge in [-0.25, -0.2) is 0 Å². The van der Waals surface area contributed by atoms with Crippen molar-refractivity contribution in [3.8, 4) is 0 Å². The van der Waals surface area contributed by atoms with Crippen LogP contribution in [-0.2, 0) is 9.59 Å². The molecule has 0 spiro atoms. The van der Waals surface area contributed by atoms with Crippen molar-refractivity contribution in [2.24, 2.45) is 11.8 Å². The second kappa shape index (κ2) is 3.80. The van der Waals surface area contributed by atoms with Crippen LogP contribution in [-0.4, -0.2) is 33.7 Å². The molecular weight excluding hydrogens is 180 g/mol. The molecule has 1 heterocycles. The molecule has 1 aliphatic rings. The smallest absolute Gasteiger partial charge is 0.307 e. The van der Waals surface area contributed by atoms with Crippen molar-refractivity contribution >= 4 is 23.7 Å². The summed E-state index contributed by atoms with van der Waals surface area (Å²) in [4.78, 5) is 20.9. The Bertz CT molecular complexity index is 204. The molecule has 0 aromatic rings. The van der Waals surface area contributed by atoms with E-state index in [0.29, 0.717) is 11.5 Å².